The quantitative estimate of drug-likeness (QED) is 0.346. The molecule has 3 rings (SSSR count). The molecule has 1 aliphatic carbocycles. The Morgan fingerprint density at radius 2 is 1.82 bits per heavy atom. The minimum Gasteiger partial charge on any atom is -1.00 e. The number of carbonyl (C=O) groups is 3. The van der Waals surface area contributed by atoms with Crippen LogP contribution in [-0.4, -0.2) is 58.9 Å². The Balaban J connectivity index is 0.00000420. The van der Waals surface area contributed by atoms with Crippen molar-refractivity contribution in [2.75, 3.05) is 25.1 Å². The molecule has 1 aliphatic rings. The van der Waals surface area contributed by atoms with E-state index in [4.69, 9.17) is 0 Å². The van der Waals surface area contributed by atoms with Gasteiger partial charge in [0, 0.05) is 25.1 Å². The van der Waals surface area contributed by atoms with Gasteiger partial charge in [0.15, 0.2) is 0 Å². The molecule has 1 fully saturated rings. The normalized spacial score (nSPS) is 14.2. The first-order chi connectivity index (χ1) is 18.8. The van der Waals surface area contributed by atoms with E-state index >= 15 is 0 Å². The molecule has 40 heavy (non-hydrogen) atoms. The summed E-state index contributed by atoms with van der Waals surface area (Å²) in [4.78, 5) is 40.1. The van der Waals surface area contributed by atoms with Crippen molar-refractivity contribution >= 4 is 29.5 Å². The SMILES string of the molecule is CCCC(=O)N(CCc1ccc(C(=O)N[C@@H](CCSC)C(=O)O)c(-c2ccccc2C)c1)CC1CCCCC1.[H-].[Li+]. The molecule has 0 spiro atoms. The van der Waals surface area contributed by atoms with Crippen molar-refractivity contribution in [3.63, 3.8) is 0 Å². The molecule has 0 bridgehead atoms. The number of amides is 2. The number of benzene rings is 2. The summed E-state index contributed by atoms with van der Waals surface area (Å²) < 4.78 is 0. The number of carboxylic acid groups (broad SMARTS) is 1. The van der Waals surface area contributed by atoms with Crippen molar-refractivity contribution in [3.05, 3.63) is 59.2 Å². The molecule has 2 aromatic rings. The molecule has 0 aliphatic heterocycles. The summed E-state index contributed by atoms with van der Waals surface area (Å²) in [6.45, 7) is 5.54. The minimum atomic E-state index is -1.03. The number of carbonyl (C=O) groups excluding carboxylic acids is 2. The Hall–Kier alpha value is -2.20. The van der Waals surface area contributed by atoms with Gasteiger partial charge in [-0.25, -0.2) is 4.79 Å². The molecule has 214 valence electrons. The summed E-state index contributed by atoms with van der Waals surface area (Å²) in [6.07, 6.45) is 10.6. The van der Waals surface area contributed by atoms with E-state index in [1.165, 1.54) is 32.1 Å². The number of aryl methyl sites for hydroxylation is 1. The fourth-order valence-electron chi connectivity index (χ4n) is 5.41. The monoisotopic (exact) mass is 560 g/mol. The van der Waals surface area contributed by atoms with Crippen molar-refractivity contribution in [1.29, 1.82) is 0 Å². The maximum atomic E-state index is 13.4. The topological polar surface area (TPSA) is 86.7 Å². The van der Waals surface area contributed by atoms with Gasteiger partial charge in [-0.3, -0.25) is 9.59 Å². The van der Waals surface area contributed by atoms with Crippen molar-refractivity contribution in [3.8, 4) is 11.1 Å². The van der Waals surface area contributed by atoms with Crippen LogP contribution in [-0.2, 0) is 16.0 Å². The summed E-state index contributed by atoms with van der Waals surface area (Å²) in [5, 5.41) is 12.4. The molecule has 6 nitrogen and oxygen atoms in total. The van der Waals surface area contributed by atoms with E-state index in [2.05, 4.69) is 10.2 Å². The maximum Gasteiger partial charge on any atom is 1.00 e. The number of hydrogen-bond donors (Lipinski definition) is 2. The van der Waals surface area contributed by atoms with E-state index in [0.29, 0.717) is 43.0 Å². The van der Waals surface area contributed by atoms with Gasteiger partial charge in [-0.15, -0.1) is 0 Å². The molecule has 0 saturated heterocycles. The first kappa shape index (κ1) is 34.0. The van der Waals surface area contributed by atoms with E-state index in [1.807, 2.05) is 56.5 Å². The van der Waals surface area contributed by atoms with E-state index < -0.39 is 12.0 Å². The second-order valence-corrected chi connectivity index (χ2v) is 11.7. The Labute approximate surface area is 257 Å². The van der Waals surface area contributed by atoms with Gasteiger partial charge in [-0.05, 0) is 85.3 Å². The average molecular weight is 561 g/mol. The number of hydrogen-bond acceptors (Lipinski definition) is 4. The van der Waals surface area contributed by atoms with Crippen LogP contribution in [0.25, 0.3) is 11.1 Å². The van der Waals surface area contributed by atoms with Gasteiger partial charge in [0.05, 0.1) is 0 Å². The van der Waals surface area contributed by atoms with Gasteiger partial charge in [-0.1, -0.05) is 62.6 Å². The van der Waals surface area contributed by atoms with Gasteiger partial charge in [0.2, 0.25) is 5.91 Å². The zero-order valence-electron chi connectivity index (χ0n) is 25.7. The minimum absolute atomic E-state index is 0. The van der Waals surface area contributed by atoms with Crippen LogP contribution in [0, 0.1) is 12.8 Å². The molecule has 1 saturated carbocycles. The summed E-state index contributed by atoms with van der Waals surface area (Å²) in [5.74, 6) is 0.0470. The van der Waals surface area contributed by atoms with E-state index in [-0.39, 0.29) is 32.1 Å². The number of nitrogens with zero attached hydrogens (tertiary/aromatic N) is 1. The fraction of sp³-hybridized carbons (Fsp3) is 0.531. The number of aliphatic carboxylic acids is 1. The Kier molecular flexibility index (Phi) is 14.9. The summed E-state index contributed by atoms with van der Waals surface area (Å²) >= 11 is 1.55. The number of nitrogens with one attached hydrogen (secondary N) is 1. The number of rotatable bonds is 14. The van der Waals surface area contributed by atoms with Crippen LogP contribution in [0.4, 0.5) is 0 Å². The Morgan fingerprint density at radius 3 is 2.48 bits per heavy atom. The molecule has 0 aromatic heterocycles. The van der Waals surface area contributed by atoms with Crippen molar-refractivity contribution < 1.29 is 39.8 Å². The molecule has 0 heterocycles. The molecule has 0 radical (unpaired) electrons. The predicted octanol–water partition coefficient (Wildman–Crippen LogP) is 3.47. The first-order valence-corrected chi connectivity index (χ1v) is 15.7. The molecule has 8 heteroatoms. The third-order valence-corrected chi connectivity index (χ3v) is 8.31. The number of thioether (sulfide) groups is 1. The summed E-state index contributed by atoms with van der Waals surface area (Å²) in [5.41, 5.74) is 4.29. The standard InChI is InChI=1S/C32H44N2O4S.Li.H/c1-4-10-30(35)34(22-25-12-6-5-7-13-25)19-17-24-15-16-27(28(21-24)26-14-9-8-11-23(26)2)31(36)33-29(32(37)38)18-20-39-3;;/h8-9,11,14-16,21,25,29H,4-7,10,12-13,17-20,22H2,1-3H3,(H,33,36)(H,37,38);;/q;+1;-1/t29-;;/m0../s1. The second-order valence-electron chi connectivity index (χ2n) is 10.7. The third-order valence-electron chi connectivity index (χ3n) is 7.67. The van der Waals surface area contributed by atoms with Crippen LogP contribution in [0.15, 0.2) is 42.5 Å². The van der Waals surface area contributed by atoms with E-state index in [1.54, 1.807) is 17.8 Å². The molecule has 0 unspecified atom stereocenters. The largest absolute Gasteiger partial charge is 1.00 e. The molecule has 1 atom stereocenters. The van der Waals surface area contributed by atoms with Gasteiger partial charge >= 0.3 is 24.8 Å². The summed E-state index contributed by atoms with van der Waals surface area (Å²) in [7, 11) is 0. The predicted molar refractivity (Wildman–Crippen MR) is 161 cm³/mol. The molecular weight excluding hydrogens is 515 g/mol. The number of carboxylic acids is 1. The first-order valence-electron chi connectivity index (χ1n) is 14.3. The van der Waals surface area contributed by atoms with E-state index in [0.717, 1.165) is 35.2 Å². The van der Waals surface area contributed by atoms with E-state index in [9.17, 15) is 19.5 Å². The van der Waals surface area contributed by atoms with Crippen molar-refractivity contribution in [2.45, 2.75) is 77.7 Å². The molecule has 2 amide bonds. The fourth-order valence-corrected chi connectivity index (χ4v) is 5.88. The van der Waals surface area contributed by atoms with Crippen LogP contribution < -0.4 is 24.2 Å². The van der Waals surface area contributed by atoms with Crippen LogP contribution in [0.1, 0.15) is 81.2 Å². The van der Waals surface area contributed by atoms with Crippen LogP contribution in [0.3, 0.4) is 0 Å². The zero-order chi connectivity index (χ0) is 28.2. The molecular formula is C32H45LiN2O4S. The zero-order valence-corrected chi connectivity index (χ0v) is 25.5. The summed E-state index contributed by atoms with van der Waals surface area (Å²) in [6, 6.07) is 12.8. The molecule has 2 aromatic carbocycles. The smallest absolute Gasteiger partial charge is 1.00 e. The van der Waals surface area contributed by atoms with Gasteiger partial charge in [-0.2, -0.15) is 11.8 Å². The van der Waals surface area contributed by atoms with Gasteiger partial charge in [0.25, 0.3) is 5.91 Å². The van der Waals surface area contributed by atoms with Crippen molar-refractivity contribution in [1.82, 2.24) is 10.2 Å². The maximum absolute atomic E-state index is 13.4. The van der Waals surface area contributed by atoms with Crippen molar-refractivity contribution in [2.24, 2.45) is 5.92 Å². The van der Waals surface area contributed by atoms with Crippen LogP contribution in [0.2, 0.25) is 0 Å². The average Bonchev–Trinajstić information content (AvgIpc) is 2.93. The Bertz CT molecular complexity index is 1130. The third kappa shape index (κ3) is 10.0. The van der Waals surface area contributed by atoms with Gasteiger partial charge in [0.1, 0.15) is 6.04 Å². The second kappa shape index (κ2) is 17.6. The Morgan fingerprint density at radius 1 is 1.10 bits per heavy atom. The van der Waals surface area contributed by atoms with Crippen LogP contribution >= 0.6 is 11.8 Å². The van der Waals surface area contributed by atoms with Crippen LogP contribution in [0.5, 0.6) is 0 Å². The van der Waals surface area contributed by atoms with Gasteiger partial charge < -0.3 is 16.7 Å². The molecule has 2 N–H and O–H groups in total.